The van der Waals surface area contributed by atoms with Crippen LogP contribution in [0.3, 0.4) is 0 Å². The van der Waals surface area contributed by atoms with Crippen LogP contribution in [0.4, 0.5) is 26.3 Å². The van der Waals surface area contributed by atoms with Gasteiger partial charge in [0.05, 0.1) is 12.7 Å². The van der Waals surface area contributed by atoms with Gasteiger partial charge in [0.15, 0.2) is 13.2 Å². The average molecular weight is 427 g/mol. The topological polar surface area (TPSA) is 92.7 Å². The van der Waals surface area contributed by atoms with E-state index in [2.05, 4.69) is 24.4 Å². The minimum absolute atomic E-state index is 0.0262. The molecule has 1 heterocycles. The van der Waals surface area contributed by atoms with Gasteiger partial charge in [-0.3, -0.25) is 0 Å². The average Bonchev–Trinajstić information content (AvgIpc) is 2.63. The molecule has 0 unspecified atom stereocenters. The number of aromatic nitrogens is 3. The van der Waals surface area contributed by atoms with Crippen LogP contribution in [0.2, 0.25) is 0 Å². The zero-order valence-corrected chi connectivity index (χ0v) is 14.4. The number of esters is 1. The Labute approximate surface area is 158 Å². The second-order valence-corrected chi connectivity index (χ2v) is 5.11. The number of methoxy groups -OCH3 is 1. The van der Waals surface area contributed by atoms with Crippen molar-refractivity contribution in [3.8, 4) is 23.8 Å². The van der Waals surface area contributed by atoms with Gasteiger partial charge < -0.3 is 18.9 Å². The molecule has 2 aromatic rings. The zero-order chi connectivity index (χ0) is 21.7. The van der Waals surface area contributed by atoms with E-state index in [1.54, 1.807) is 0 Å². The van der Waals surface area contributed by atoms with E-state index in [4.69, 9.17) is 9.47 Å². The molecule has 1 aromatic carbocycles. The van der Waals surface area contributed by atoms with Crippen LogP contribution in [-0.4, -0.2) is 53.6 Å². The number of carbonyl (C=O) groups is 1. The van der Waals surface area contributed by atoms with Crippen LogP contribution in [0.25, 0.3) is 0 Å². The highest BCUT2D eigenvalue weighted by Gasteiger charge is 2.31. The largest absolute Gasteiger partial charge is 0.497 e. The molecule has 0 fully saturated rings. The molecular weight excluding hydrogens is 416 g/mol. The Balaban J connectivity index is 2.21. The zero-order valence-electron chi connectivity index (χ0n) is 14.4. The molecule has 1 aromatic heterocycles. The van der Waals surface area contributed by atoms with E-state index < -0.39 is 49.6 Å². The molecule has 0 saturated heterocycles. The van der Waals surface area contributed by atoms with Gasteiger partial charge >= 0.3 is 36.4 Å². The molecule has 2 rings (SSSR count). The maximum Gasteiger partial charge on any atom is 0.422 e. The Bertz CT molecular complexity index is 806. The van der Waals surface area contributed by atoms with E-state index in [9.17, 15) is 31.1 Å². The highest BCUT2D eigenvalue weighted by molar-refractivity contribution is 5.90. The number of halogens is 6. The maximum atomic E-state index is 12.3. The normalized spacial score (nSPS) is 11.7. The van der Waals surface area contributed by atoms with Crippen LogP contribution in [0.1, 0.15) is 10.4 Å². The van der Waals surface area contributed by atoms with Crippen molar-refractivity contribution in [2.75, 3.05) is 20.3 Å². The molecule has 0 atom stereocenters. The Morgan fingerprint density at radius 1 is 0.828 bits per heavy atom. The van der Waals surface area contributed by atoms with Crippen LogP contribution in [0.15, 0.2) is 24.3 Å². The van der Waals surface area contributed by atoms with Gasteiger partial charge in [0.25, 0.3) is 0 Å². The first-order valence-corrected chi connectivity index (χ1v) is 7.46. The van der Waals surface area contributed by atoms with Crippen molar-refractivity contribution < 1.29 is 50.1 Å². The first-order chi connectivity index (χ1) is 13.4. The summed E-state index contributed by atoms with van der Waals surface area (Å²) < 4.78 is 91.8. The molecule has 0 radical (unpaired) electrons. The van der Waals surface area contributed by atoms with E-state index in [-0.39, 0.29) is 5.56 Å². The first-order valence-electron chi connectivity index (χ1n) is 7.46. The summed E-state index contributed by atoms with van der Waals surface area (Å²) in [5, 5.41) is 0. The summed E-state index contributed by atoms with van der Waals surface area (Å²) in [4.78, 5) is 21.8. The molecule has 0 spiro atoms. The van der Waals surface area contributed by atoms with Gasteiger partial charge in [-0.1, -0.05) is 0 Å². The van der Waals surface area contributed by atoms with Crippen molar-refractivity contribution in [1.82, 2.24) is 15.0 Å². The fourth-order valence-corrected chi connectivity index (χ4v) is 1.66. The quantitative estimate of drug-likeness (QED) is 0.492. The van der Waals surface area contributed by atoms with Gasteiger partial charge in [-0.2, -0.15) is 26.3 Å². The molecule has 0 aliphatic heterocycles. The van der Waals surface area contributed by atoms with Crippen molar-refractivity contribution in [1.29, 1.82) is 0 Å². The second-order valence-electron chi connectivity index (χ2n) is 5.11. The van der Waals surface area contributed by atoms with Crippen LogP contribution in [-0.2, 0) is 0 Å². The first kappa shape index (κ1) is 22.0. The Morgan fingerprint density at radius 2 is 1.28 bits per heavy atom. The van der Waals surface area contributed by atoms with Crippen molar-refractivity contribution in [3.05, 3.63) is 29.8 Å². The van der Waals surface area contributed by atoms with E-state index in [0.717, 1.165) is 0 Å². The molecular formula is C15H11F6N3O5. The molecule has 0 aliphatic carbocycles. The molecule has 8 nitrogen and oxygen atoms in total. The number of ether oxygens (including phenoxy) is 4. The Hall–Kier alpha value is -3.32. The van der Waals surface area contributed by atoms with Gasteiger partial charge in [0.2, 0.25) is 0 Å². The predicted molar refractivity (Wildman–Crippen MR) is 80.9 cm³/mol. The maximum absolute atomic E-state index is 12.3. The SMILES string of the molecule is COc1ccc(C(=O)Oc2nc(OCC(F)(F)F)nc(OCC(F)(F)F)n2)cc1. The summed E-state index contributed by atoms with van der Waals surface area (Å²) in [6.07, 6.45) is -9.56. The Kier molecular flexibility index (Phi) is 6.66. The number of carbonyl (C=O) groups excluding carboxylic acids is 1. The van der Waals surface area contributed by atoms with Crippen LogP contribution >= 0.6 is 0 Å². The summed E-state index contributed by atoms with van der Waals surface area (Å²) in [5.74, 6) is -0.630. The molecule has 158 valence electrons. The third-order valence-corrected chi connectivity index (χ3v) is 2.81. The van der Waals surface area contributed by atoms with Crippen molar-refractivity contribution in [2.45, 2.75) is 12.4 Å². The number of benzene rings is 1. The Morgan fingerprint density at radius 3 is 1.69 bits per heavy atom. The summed E-state index contributed by atoms with van der Waals surface area (Å²) in [5.41, 5.74) is -0.0262. The molecule has 14 heteroatoms. The van der Waals surface area contributed by atoms with Gasteiger partial charge in [0, 0.05) is 0 Å². The molecule has 0 aliphatic rings. The third-order valence-electron chi connectivity index (χ3n) is 2.81. The third kappa shape index (κ3) is 7.67. The number of rotatable bonds is 7. The van der Waals surface area contributed by atoms with E-state index in [1.165, 1.54) is 31.4 Å². The lowest BCUT2D eigenvalue weighted by Gasteiger charge is -2.11. The minimum Gasteiger partial charge on any atom is -0.497 e. The van der Waals surface area contributed by atoms with Crippen LogP contribution < -0.4 is 18.9 Å². The lowest BCUT2D eigenvalue weighted by molar-refractivity contribution is -0.156. The molecule has 0 saturated carbocycles. The van der Waals surface area contributed by atoms with E-state index in [0.29, 0.717) is 5.75 Å². The van der Waals surface area contributed by atoms with Crippen molar-refractivity contribution in [2.24, 2.45) is 0 Å². The van der Waals surface area contributed by atoms with Gasteiger partial charge in [-0.25, -0.2) is 4.79 Å². The van der Waals surface area contributed by atoms with Crippen LogP contribution in [0, 0.1) is 0 Å². The fourth-order valence-electron chi connectivity index (χ4n) is 1.66. The molecule has 0 N–H and O–H groups in total. The molecule has 29 heavy (non-hydrogen) atoms. The number of hydrogen-bond donors (Lipinski definition) is 0. The predicted octanol–water partition coefficient (Wildman–Crippen LogP) is 2.98. The lowest BCUT2D eigenvalue weighted by atomic mass is 10.2. The van der Waals surface area contributed by atoms with Crippen molar-refractivity contribution >= 4 is 5.97 Å². The van der Waals surface area contributed by atoms with E-state index in [1.807, 2.05) is 0 Å². The van der Waals surface area contributed by atoms with Crippen LogP contribution in [0.5, 0.6) is 23.8 Å². The fraction of sp³-hybridized carbons (Fsp3) is 0.333. The molecule has 0 bridgehead atoms. The minimum atomic E-state index is -4.78. The van der Waals surface area contributed by atoms with Gasteiger partial charge in [-0.05, 0) is 24.3 Å². The summed E-state index contributed by atoms with van der Waals surface area (Å²) in [7, 11) is 1.39. The highest BCUT2D eigenvalue weighted by atomic mass is 19.4. The highest BCUT2D eigenvalue weighted by Crippen LogP contribution is 2.22. The lowest BCUT2D eigenvalue weighted by Crippen LogP contribution is -2.22. The second kappa shape index (κ2) is 8.79. The van der Waals surface area contributed by atoms with E-state index >= 15 is 0 Å². The summed E-state index contributed by atoms with van der Waals surface area (Å²) >= 11 is 0. The van der Waals surface area contributed by atoms with Crippen molar-refractivity contribution in [3.63, 3.8) is 0 Å². The monoisotopic (exact) mass is 427 g/mol. The number of alkyl halides is 6. The summed E-state index contributed by atoms with van der Waals surface area (Å²) in [6, 6.07) is 2.41. The smallest absolute Gasteiger partial charge is 0.422 e. The van der Waals surface area contributed by atoms with Gasteiger partial charge in [-0.15, -0.1) is 15.0 Å². The summed E-state index contributed by atoms with van der Waals surface area (Å²) in [6.45, 7) is -3.69. The number of nitrogens with zero attached hydrogens (tertiary/aromatic N) is 3. The standard InChI is InChI=1S/C15H11F6N3O5/c1-26-9-4-2-8(3-5-9)10(25)29-13-23-11(27-6-14(16,17)18)22-12(24-13)28-7-15(19,20)21/h2-5H,6-7H2,1H3. The van der Waals surface area contributed by atoms with Gasteiger partial charge in [0.1, 0.15) is 5.75 Å². The number of hydrogen-bond acceptors (Lipinski definition) is 8. The molecule has 0 amide bonds.